The highest BCUT2D eigenvalue weighted by Crippen LogP contribution is 2.31. The van der Waals surface area contributed by atoms with Crippen molar-refractivity contribution in [2.24, 2.45) is 0 Å². The minimum absolute atomic E-state index is 0.156. The van der Waals surface area contributed by atoms with E-state index in [1.54, 1.807) is 29.6 Å². The third-order valence-electron chi connectivity index (χ3n) is 5.28. The molecule has 1 aliphatic rings. The van der Waals surface area contributed by atoms with Crippen molar-refractivity contribution in [3.05, 3.63) is 59.2 Å². The Hall–Kier alpha value is -2.35. The molecule has 29 heavy (non-hydrogen) atoms. The molecule has 2 aromatic rings. The first kappa shape index (κ1) is 21.4. The number of nitrogens with zero attached hydrogens (tertiary/aromatic N) is 1. The molecule has 3 rings (SSSR count). The molecule has 7 heteroatoms. The number of ether oxygens (including phenoxy) is 1. The highest BCUT2D eigenvalue weighted by Gasteiger charge is 2.30. The fourth-order valence-electron chi connectivity index (χ4n) is 3.62. The van der Waals surface area contributed by atoms with Crippen molar-refractivity contribution in [1.29, 1.82) is 0 Å². The molecule has 0 radical (unpaired) electrons. The van der Waals surface area contributed by atoms with Crippen molar-refractivity contribution in [3.63, 3.8) is 0 Å². The molecular weight excluding hydrogens is 388 g/mol. The minimum Gasteiger partial charge on any atom is -0.504 e. The highest BCUT2D eigenvalue weighted by atomic mass is 32.2. The third-order valence-corrected chi connectivity index (χ3v) is 7.20. The van der Waals surface area contributed by atoms with E-state index in [0.29, 0.717) is 43.4 Å². The molecule has 1 heterocycles. The highest BCUT2D eigenvalue weighted by molar-refractivity contribution is 7.89. The van der Waals surface area contributed by atoms with Crippen molar-refractivity contribution >= 4 is 16.1 Å². The van der Waals surface area contributed by atoms with Gasteiger partial charge >= 0.3 is 0 Å². The van der Waals surface area contributed by atoms with Gasteiger partial charge in [-0.25, -0.2) is 8.42 Å². The number of quaternary nitrogens is 1. The summed E-state index contributed by atoms with van der Waals surface area (Å²) < 4.78 is 32.6. The fourth-order valence-corrected chi connectivity index (χ4v) is 5.06. The van der Waals surface area contributed by atoms with Crippen LogP contribution in [0.1, 0.15) is 23.6 Å². The van der Waals surface area contributed by atoms with Crippen molar-refractivity contribution < 1.29 is 23.2 Å². The maximum Gasteiger partial charge on any atom is 0.243 e. The van der Waals surface area contributed by atoms with Crippen LogP contribution in [0.3, 0.4) is 0 Å². The second-order valence-electron chi connectivity index (χ2n) is 7.37. The largest absolute Gasteiger partial charge is 0.504 e. The lowest BCUT2D eigenvalue weighted by Gasteiger charge is -2.31. The average molecular weight is 418 g/mol. The van der Waals surface area contributed by atoms with E-state index in [1.165, 1.54) is 4.90 Å². The lowest BCUT2D eigenvalue weighted by atomic mass is 10.1. The SMILES string of the molecule is C/C=C/c1cc(C[NH+]2CCN(S(=O)(=O)c3ccc(C)cc3)CC2)c(O)c(OC)c1. The predicted octanol–water partition coefficient (Wildman–Crippen LogP) is 1.83. The van der Waals surface area contributed by atoms with E-state index in [-0.39, 0.29) is 5.75 Å². The van der Waals surface area contributed by atoms with Gasteiger partial charge in [0.25, 0.3) is 0 Å². The number of allylic oxidation sites excluding steroid dienone is 1. The van der Waals surface area contributed by atoms with Gasteiger partial charge in [-0.15, -0.1) is 0 Å². The van der Waals surface area contributed by atoms with E-state index in [2.05, 4.69) is 0 Å². The summed E-state index contributed by atoms with van der Waals surface area (Å²) in [5, 5.41) is 10.5. The van der Waals surface area contributed by atoms with Crippen molar-refractivity contribution in [3.8, 4) is 11.5 Å². The summed E-state index contributed by atoms with van der Waals surface area (Å²) >= 11 is 0. The summed E-state index contributed by atoms with van der Waals surface area (Å²) in [5.41, 5.74) is 2.81. The van der Waals surface area contributed by atoms with Gasteiger partial charge in [0.15, 0.2) is 11.5 Å². The number of benzene rings is 2. The average Bonchev–Trinajstić information content (AvgIpc) is 2.71. The number of aromatic hydroxyl groups is 1. The monoisotopic (exact) mass is 417 g/mol. The number of hydrogen-bond acceptors (Lipinski definition) is 4. The lowest BCUT2D eigenvalue weighted by molar-refractivity contribution is -0.917. The molecule has 0 aromatic heterocycles. The first-order valence-corrected chi connectivity index (χ1v) is 11.2. The van der Waals surface area contributed by atoms with E-state index in [4.69, 9.17) is 4.74 Å². The minimum atomic E-state index is -3.47. The van der Waals surface area contributed by atoms with Gasteiger partial charge in [-0.1, -0.05) is 29.8 Å². The molecular formula is C22H29N2O4S+. The Morgan fingerprint density at radius 3 is 2.41 bits per heavy atom. The van der Waals surface area contributed by atoms with Crippen LogP contribution in [-0.4, -0.2) is 51.1 Å². The van der Waals surface area contributed by atoms with Crippen LogP contribution < -0.4 is 9.64 Å². The Bertz CT molecular complexity index is 977. The van der Waals surface area contributed by atoms with Gasteiger partial charge in [-0.3, -0.25) is 0 Å². The van der Waals surface area contributed by atoms with Gasteiger partial charge < -0.3 is 14.7 Å². The van der Waals surface area contributed by atoms with E-state index in [9.17, 15) is 13.5 Å². The third kappa shape index (κ3) is 4.80. The first-order chi connectivity index (χ1) is 13.8. The van der Waals surface area contributed by atoms with E-state index < -0.39 is 10.0 Å². The molecule has 0 amide bonds. The quantitative estimate of drug-likeness (QED) is 0.752. The number of piperazine rings is 1. The van der Waals surface area contributed by atoms with Crippen LogP contribution in [0.15, 0.2) is 47.4 Å². The normalized spacial score (nSPS) is 16.4. The van der Waals surface area contributed by atoms with Gasteiger partial charge in [0.1, 0.15) is 6.54 Å². The molecule has 1 aliphatic heterocycles. The predicted molar refractivity (Wildman–Crippen MR) is 114 cm³/mol. The molecule has 0 spiro atoms. The van der Waals surface area contributed by atoms with Gasteiger partial charge in [0.05, 0.1) is 43.7 Å². The number of phenols is 1. The van der Waals surface area contributed by atoms with Crippen LogP contribution in [0.2, 0.25) is 0 Å². The van der Waals surface area contributed by atoms with Crippen molar-refractivity contribution in [2.45, 2.75) is 25.3 Å². The molecule has 2 aromatic carbocycles. The number of nitrogens with one attached hydrogen (secondary N) is 1. The Kier molecular flexibility index (Phi) is 6.62. The van der Waals surface area contributed by atoms with Crippen LogP contribution in [0.25, 0.3) is 6.08 Å². The number of phenolic OH excluding ortho intramolecular Hbond substituents is 1. The second-order valence-corrected chi connectivity index (χ2v) is 9.31. The Balaban J connectivity index is 1.70. The summed E-state index contributed by atoms with van der Waals surface area (Å²) in [5.74, 6) is 0.610. The van der Waals surface area contributed by atoms with Crippen LogP contribution in [0.4, 0.5) is 0 Å². The lowest BCUT2D eigenvalue weighted by Crippen LogP contribution is -3.13. The molecule has 1 fully saturated rings. The number of sulfonamides is 1. The number of rotatable bonds is 6. The molecule has 156 valence electrons. The van der Waals surface area contributed by atoms with Crippen LogP contribution in [0, 0.1) is 6.92 Å². The summed E-state index contributed by atoms with van der Waals surface area (Å²) in [6.07, 6.45) is 3.91. The summed E-state index contributed by atoms with van der Waals surface area (Å²) in [6.45, 7) is 6.77. The number of hydrogen-bond donors (Lipinski definition) is 2. The zero-order valence-corrected chi connectivity index (χ0v) is 18.0. The van der Waals surface area contributed by atoms with Crippen LogP contribution in [-0.2, 0) is 16.6 Å². The molecule has 0 aliphatic carbocycles. The first-order valence-electron chi connectivity index (χ1n) is 9.78. The van der Waals surface area contributed by atoms with Gasteiger partial charge in [0, 0.05) is 0 Å². The molecule has 2 N–H and O–H groups in total. The molecule has 0 unspecified atom stereocenters. The topological polar surface area (TPSA) is 71.3 Å². The molecule has 0 atom stereocenters. The van der Waals surface area contributed by atoms with Gasteiger partial charge in [0.2, 0.25) is 10.0 Å². The number of aryl methyl sites for hydroxylation is 1. The summed E-state index contributed by atoms with van der Waals surface area (Å²) in [4.78, 5) is 1.57. The Morgan fingerprint density at radius 2 is 1.83 bits per heavy atom. The van der Waals surface area contributed by atoms with Gasteiger partial charge in [-0.05, 0) is 43.7 Å². The smallest absolute Gasteiger partial charge is 0.243 e. The van der Waals surface area contributed by atoms with Crippen molar-refractivity contribution in [1.82, 2.24) is 4.31 Å². The molecule has 0 bridgehead atoms. The van der Waals surface area contributed by atoms with Crippen molar-refractivity contribution in [2.75, 3.05) is 33.3 Å². The second kappa shape index (κ2) is 8.98. The zero-order chi connectivity index (χ0) is 21.0. The zero-order valence-electron chi connectivity index (χ0n) is 17.2. The fraction of sp³-hybridized carbons (Fsp3) is 0.364. The van der Waals surface area contributed by atoms with Gasteiger partial charge in [-0.2, -0.15) is 4.31 Å². The maximum absolute atomic E-state index is 12.9. The summed E-state index contributed by atoms with van der Waals surface area (Å²) in [7, 11) is -1.92. The number of methoxy groups -OCH3 is 1. The van der Waals surface area contributed by atoms with Crippen LogP contribution in [0.5, 0.6) is 11.5 Å². The van der Waals surface area contributed by atoms with E-state index in [1.807, 2.05) is 44.2 Å². The molecule has 0 saturated carbocycles. The standard InChI is InChI=1S/C22H28N2O4S/c1-4-5-18-14-19(22(25)21(15-18)28-3)16-23-10-12-24(13-11-23)29(26,27)20-8-6-17(2)7-9-20/h4-9,14-15,25H,10-13,16H2,1-3H3/p+1/b5-4+. The maximum atomic E-state index is 12.9. The Labute approximate surface area is 173 Å². The Morgan fingerprint density at radius 1 is 1.17 bits per heavy atom. The summed E-state index contributed by atoms with van der Waals surface area (Å²) in [6, 6.07) is 10.7. The van der Waals surface area contributed by atoms with E-state index in [0.717, 1.165) is 16.7 Å². The van der Waals surface area contributed by atoms with E-state index >= 15 is 0 Å². The van der Waals surface area contributed by atoms with Crippen LogP contribution >= 0.6 is 0 Å². The molecule has 1 saturated heterocycles. The molecule has 6 nitrogen and oxygen atoms in total.